The fourth-order valence-corrected chi connectivity index (χ4v) is 10.1. The fourth-order valence-electron chi connectivity index (χ4n) is 10.1. The molecule has 0 amide bonds. The predicted octanol–water partition coefficient (Wildman–Crippen LogP) is 24.0. The second-order valence-corrected chi connectivity index (χ2v) is 25.8. The van der Waals surface area contributed by atoms with E-state index in [9.17, 15) is 19.5 Å². The first-order valence-corrected chi connectivity index (χ1v) is 37.6. The molecule has 0 rings (SSSR count). The van der Waals surface area contributed by atoms with Gasteiger partial charge in [0.25, 0.3) is 6.29 Å². The summed E-state index contributed by atoms with van der Waals surface area (Å²) in [5.41, 5.74) is 0. The lowest BCUT2D eigenvalue weighted by molar-refractivity contribution is -0.870. The van der Waals surface area contributed by atoms with Gasteiger partial charge in [-0.15, -0.1) is 0 Å². The Bertz CT molecular complexity index is 2090. The molecule has 9 heteroatoms. The highest BCUT2D eigenvalue weighted by Gasteiger charge is 2.25. The number of carboxylic acid groups (broad SMARTS) is 1. The summed E-state index contributed by atoms with van der Waals surface area (Å²) in [6.07, 6.45) is 105. The molecule has 2 atom stereocenters. The fraction of sp³-hybridized carbons (Fsp3) is 0.655. The zero-order valence-electron chi connectivity index (χ0n) is 60.4. The van der Waals surface area contributed by atoms with Gasteiger partial charge in [-0.2, -0.15) is 0 Å². The summed E-state index contributed by atoms with van der Waals surface area (Å²) in [5.74, 6) is -2.09. The normalized spacial score (nSPS) is 13.6. The number of carbonyl (C=O) groups is 3. The average molecular weight is 1290 g/mol. The Morgan fingerprint density at radius 3 is 0.892 bits per heavy atom. The Balaban J connectivity index is 4.11. The number of allylic oxidation sites excluding steroid dienone is 26. The van der Waals surface area contributed by atoms with Crippen molar-refractivity contribution in [2.75, 3.05) is 47.5 Å². The summed E-state index contributed by atoms with van der Waals surface area (Å²) in [4.78, 5) is 37.6. The standard InChI is InChI=1S/C84H139NO8/c1-6-8-10-12-14-16-18-20-22-24-26-28-30-32-34-36-37-38-39-40-41-42-43-44-45-47-48-50-52-54-56-58-60-62-64-66-68-70-72-74-81(86)91-78-80(79-92-84(83(88)89)90-77-76-85(3,4)5)93-82(87)75-73-71-69-67-65-63-61-59-57-55-53-51-49-46-35-33-31-29-27-25-23-21-19-17-15-13-11-9-7-2/h8-11,14-17,20-23,26-29,33,35,49,51,55,57,61,63,67,69,80,84H,6-7,12-13,18-19,24-25,30-32,34,36-48,50,52-54,56,58-60,62,64-66,68,70-79H2,1-5H3/p+1/b10-8-,11-9-,16-14-,17-15-,22-20-,23-21-,28-26-,29-27-,35-33-,51-49-,57-55-,63-61-,69-67-. The first kappa shape index (κ1) is 87.9. The van der Waals surface area contributed by atoms with Crippen LogP contribution in [0.2, 0.25) is 0 Å². The smallest absolute Gasteiger partial charge is 0.361 e. The van der Waals surface area contributed by atoms with Crippen LogP contribution in [0.15, 0.2) is 158 Å². The quantitative estimate of drug-likeness (QED) is 0.0211. The van der Waals surface area contributed by atoms with E-state index in [2.05, 4.69) is 172 Å². The Morgan fingerprint density at radius 2 is 0.591 bits per heavy atom. The number of carbonyl (C=O) groups excluding carboxylic acids is 2. The number of esters is 2. The number of likely N-dealkylation sites (N-methyl/N-ethyl adjacent to an activating group) is 1. The van der Waals surface area contributed by atoms with Crippen LogP contribution in [0.4, 0.5) is 0 Å². The second-order valence-electron chi connectivity index (χ2n) is 25.8. The van der Waals surface area contributed by atoms with Gasteiger partial charge in [-0.25, -0.2) is 4.79 Å². The second kappa shape index (κ2) is 72.7. The van der Waals surface area contributed by atoms with E-state index in [1.165, 1.54) is 154 Å². The van der Waals surface area contributed by atoms with Crippen molar-refractivity contribution in [3.8, 4) is 0 Å². The minimum Gasteiger partial charge on any atom is -0.477 e. The van der Waals surface area contributed by atoms with Gasteiger partial charge in [-0.05, 0) is 116 Å². The monoisotopic (exact) mass is 1290 g/mol. The Hall–Kier alpha value is -5.09. The molecule has 0 aromatic rings. The van der Waals surface area contributed by atoms with Gasteiger partial charge < -0.3 is 28.5 Å². The minimum atomic E-state index is -1.54. The van der Waals surface area contributed by atoms with Crippen molar-refractivity contribution in [3.63, 3.8) is 0 Å². The predicted molar refractivity (Wildman–Crippen MR) is 400 cm³/mol. The number of nitrogens with zero attached hydrogens (tertiary/aromatic N) is 1. The van der Waals surface area contributed by atoms with E-state index in [0.29, 0.717) is 23.9 Å². The van der Waals surface area contributed by atoms with E-state index in [1.54, 1.807) is 0 Å². The van der Waals surface area contributed by atoms with Crippen LogP contribution in [0.25, 0.3) is 0 Å². The van der Waals surface area contributed by atoms with Crippen molar-refractivity contribution < 1.29 is 42.9 Å². The highest BCUT2D eigenvalue weighted by molar-refractivity contribution is 5.71. The molecule has 1 N–H and O–H groups in total. The maximum absolute atomic E-state index is 12.9. The minimum absolute atomic E-state index is 0.170. The first-order valence-electron chi connectivity index (χ1n) is 37.6. The van der Waals surface area contributed by atoms with Gasteiger partial charge in [-0.3, -0.25) is 9.59 Å². The Morgan fingerprint density at radius 1 is 0.323 bits per heavy atom. The largest absolute Gasteiger partial charge is 0.477 e. The third-order valence-corrected chi connectivity index (χ3v) is 15.8. The number of aliphatic carboxylic acids is 1. The summed E-state index contributed by atoms with van der Waals surface area (Å²) < 4.78 is 22.9. The maximum Gasteiger partial charge on any atom is 0.361 e. The third-order valence-electron chi connectivity index (χ3n) is 15.8. The number of carboxylic acids is 1. The number of hydrogen-bond donors (Lipinski definition) is 1. The maximum atomic E-state index is 12.9. The van der Waals surface area contributed by atoms with Gasteiger partial charge in [0.05, 0.1) is 34.4 Å². The number of ether oxygens (including phenoxy) is 4. The van der Waals surface area contributed by atoms with E-state index in [1.807, 2.05) is 21.1 Å². The number of hydrogen-bond acceptors (Lipinski definition) is 7. The van der Waals surface area contributed by atoms with E-state index in [4.69, 9.17) is 18.9 Å². The molecule has 0 heterocycles. The molecule has 0 spiro atoms. The van der Waals surface area contributed by atoms with Gasteiger partial charge in [0.2, 0.25) is 0 Å². The van der Waals surface area contributed by atoms with Crippen molar-refractivity contribution in [1.82, 2.24) is 0 Å². The van der Waals surface area contributed by atoms with E-state index < -0.39 is 24.3 Å². The number of rotatable bonds is 68. The van der Waals surface area contributed by atoms with Crippen molar-refractivity contribution in [1.29, 1.82) is 0 Å². The first-order chi connectivity index (χ1) is 45.6. The van der Waals surface area contributed by atoms with Crippen LogP contribution in [0.3, 0.4) is 0 Å². The van der Waals surface area contributed by atoms with Gasteiger partial charge in [0.1, 0.15) is 13.2 Å². The van der Waals surface area contributed by atoms with Gasteiger partial charge in [-0.1, -0.05) is 326 Å². The summed E-state index contributed by atoms with van der Waals surface area (Å²) in [7, 11) is 5.95. The van der Waals surface area contributed by atoms with E-state index >= 15 is 0 Å². The summed E-state index contributed by atoms with van der Waals surface area (Å²) in [5, 5.41) is 9.75. The molecule has 0 fully saturated rings. The van der Waals surface area contributed by atoms with Crippen molar-refractivity contribution in [2.45, 2.75) is 309 Å². The van der Waals surface area contributed by atoms with Crippen LogP contribution in [0.5, 0.6) is 0 Å². The zero-order chi connectivity index (χ0) is 67.5. The molecule has 0 aromatic heterocycles. The highest BCUT2D eigenvalue weighted by Crippen LogP contribution is 2.18. The Kier molecular flexibility index (Phi) is 68.8. The van der Waals surface area contributed by atoms with Crippen LogP contribution in [0, 0.1) is 0 Å². The third kappa shape index (κ3) is 74.2. The van der Waals surface area contributed by atoms with Crippen LogP contribution in [-0.4, -0.2) is 87.4 Å². The molecule has 9 nitrogen and oxygen atoms in total. The highest BCUT2D eigenvalue weighted by atomic mass is 16.7. The molecule has 0 aliphatic heterocycles. The van der Waals surface area contributed by atoms with Crippen LogP contribution in [-0.2, 0) is 33.3 Å². The molecule has 2 unspecified atom stereocenters. The molecule has 0 saturated carbocycles. The van der Waals surface area contributed by atoms with Gasteiger partial charge in [0.15, 0.2) is 6.10 Å². The summed E-state index contributed by atoms with van der Waals surface area (Å²) >= 11 is 0. The molecule has 0 aliphatic rings. The lowest BCUT2D eigenvalue weighted by atomic mass is 10.0. The zero-order valence-corrected chi connectivity index (χ0v) is 60.4. The summed E-state index contributed by atoms with van der Waals surface area (Å²) in [6.45, 7) is 4.59. The topological polar surface area (TPSA) is 108 Å². The van der Waals surface area contributed by atoms with Crippen LogP contribution < -0.4 is 0 Å². The SMILES string of the molecule is CC/C=C\C/C=C\C/C=C\C/C=C\C/C=C\C/C=C\C/C=C\C/C=C\C/C=C\CCCC(=O)OC(COC(=O)CCCCCCCCCCCCCCCCCCCCCCCCCCCC/C=C\C/C=C\C/C=C\C/C=C\CC)COC(OCC[N+](C)(C)C)C(=O)O. The molecular weight excluding hydrogens is 1150 g/mol. The van der Waals surface area contributed by atoms with Crippen LogP contribution in [0.1, 0.15) is 296 Å². The molecule has 0 aliphatic carbocycles. The summed E-state index contributed by atoms with van der Waals surface area (Å²) in [6, 6.07) is 0. The number of quaternary nitrogens is 1. The molecule has 93 heavy (non-hydrogen) atoms. The van der Waals surface area contributed by atoms with Gasteiger partial charge in [0, 0.05) is 12.8 Å². The van der Waals surface area contributed by atoms with E-state index in [0.717, 1.165) is 103 Å². The van der Waals surface area contributed by atoms with Crippen LogP contribution >= 0.6 is 0 Å². The lowest BCUT2D eigenvalue weighted by Gasteiger charge is -2.25. The number of unbranched alkanes of at least 4 members (excludes halogenated alkanes) is 27. The molecule has 0 bridgehead atoms. The Labute approximate surface area is 572 Å². The molecule has 528 valence electrons. The van der Waals surface area contributed by atoms with E-state index in [-0.39, 0.29) is 38.6 Å². The molecule has 0 saturated heterocycles. The van der Waals surface area contributed by atoms with Crippen molar-refractivity contribution in [2.24, 2.45) is 0 Å². The lowest BCUT2D eigenvalue weighted by Crippen LogP contribution is -2.40. The van der Waals surface area contributed by atoms with Gasteiger partial charge >= 0.3 is 17.9 Å². The molecule has 0 radical (unpaired) electrons. The van der Waals surface area contributed by atoms with Crippen molar-refractivity contribution >= 4 is 17.9 Å². The molecular formula is C84H140NO8+. The van der Waals surface area contributed by atoms with Crippen molar-refractivity contribution in [3.05, 3.63) is 158 Å². The average Bonchev–Trinajstić information content (AvgIpc) is 3.74. The molecule has 0 aromatic carbocycles.